The smallest absolute Gasteiger partial charge is 0.231 e. The Hall–Kier alpha value is -1.49. The zero-order valence-electron chi connectivity index (χ0n) is 10.2. The lowest BCUT2D eigenvalue weighted by Crippen LogP contribution is -2.34. The summed E-state index contributed by atoms with van der Waals surface area (Å²) in [5, 5.41) is 0. The molecule has 2 rings (SSSR count). The summed E-state index contributed by atoms with van der Waals surface area (Å²) in [4.78, 5) is 0. The molecule has 0 spiro atoms. The number of halogens is 1. The Morgan fingerprint density at radius 3 is 2.76 bits per heavy atom. The van der Waals surface area contributed by atoms with Gasteiger partial charge in [-0.15, -0.1) is 0 Å². The number of ether oxygens (including phenoxy) is 3. The second-order valence-electron chi connectivity index (χ2n) is 4.77. The third-order valence-corrected chi connectivity index (χ3v) is 2.51. The Labute approximate surface area is 99.5 Å². The molecule has 1 aliphatic rings. The molecule has 0 bridgehead atoms. The van der Waals surface area contributed by atoms with Crippen molar-refractivity contribution in [3.8, 4) is 17.2 Å². The Bertz CT molecular complexity index is 440. The van der Waals surface area contributed by atoms with E-state index in [4.69, 9.17) is 19.9 Å². The third kappa shape index (κ3) is 2.29. The molecule has 0 aliphatic carbocycles. The van der Waals surface area contributed by atoms with Gasteiger partial charge in [-0.1, -0.05) is 0 Å². The van der Waals surface area contributed by atoms with Crippen LogP contribution in [0.5, 0.6) is 17.2 Å². The van der Waals surface area contributed by atoms with Gasteiger partial charge in [0.05, 0.1) is 7.11 Å². The van der Waals surface area contributed by atoms with Crippen molar-refractivity contribution in [2.45, 2.75) is 25.8 Å². The summed E-state index contributed by atoms with van der Waals surface area (Å²) in [5.74, 6) is 0.646. The summed E-state index contributed by atoms with van der Waals surface area (Å²) in [6, 6.07) is 1.49. The van der Waals surface area contributed by atoms with Crippen LogP contribution in [0.25, 0.3) is 0 Å². The van der Waals surface area contributed by atoms with Gasteiger partial charge in [0.1, 0.15) is 0 Å². The second-order valence-corrected chi connectivity index (χ2v) is 4.77. The Morgan fingerprint density at radius 2 is 2.18 bits per heavy atom. The minimum atomic E-state index is -0.535. The summed E-state index contributed by atoms with van der Waals surface area (Å²) in [6.07, 6.45) is 0.349. The summed E-state index contributed by atoms with van der Waals surface area (Å²) in [7, 11) is 1.41. The highest BCUT2D eigenvalue weighted by molar-refractivity contribution is 5.54. The molecular formula is C12H16FNO3. The highest BCUT2D eigenvalue weighted by Crippen LogP contribution is 2.42. The topological polar surface area (TPSA) is 53.7 Å². The van der Waals surface area contributed by atoms with E-state index in [1.54, 1.807) is 0 Å². The molecule has 0 amide bonds. The standard InChI is InChI=1S/C12H16FNO3/c1-12(2,14)5-7-10(13)8(15-3)4-9-11(7)17-6-16-9/h4H,5-6,14H2,1-3H3. The zero-order chi connectivity index (χ0) is 12.6. The van der Waals surface area contributed by atoms with Crippen molar-refractivity contribution >= 4 is 0 Å². The first-order valence-electron chi connectivity index (χ1n) is 5.36. The molecule has 1 aromatic carbocycles. The fourth-order valence-electron chi connectivity index (χ4n) is 1.82. The Morgan fingerprint density at radius 1 is 1.47 bits per heavy atom. The van der Waals surface area contributed by atoms with E-state index in [0.717, 1.165) is 0 Å². The summed E-state index contributed by atoms with van der Waals surface area (Å²) < 4.78 is 29.6. The van der Waals surface area contributed by atoms with Crippen LogP contribution in [0.15, 0.2) is 6.07 Å². The van der Waals surface area contributed by atoms with Gasteiger partial charge in [0.2, 0.25) is 6.79 Å². The Balaban J connectivity index is 2.51. The van der Waals surface area contributed by atoms with Crippen LogP contribution in [0.3, 0.4) is 0 Å². The highest BCUT2D eigenvalue weighted by Gasteiger charge is 2.28. The lowest BCUT2D eigenvalue weighted by atomic mass is 9.94. The molecule has 1 aliphatic heterocycles. The van der Waals surface area contributed by atoms with Crippen molar-refractivity contribution in [3.05, 3.63) is 17.4 Å². The minimum absolute atomic E-state index is 0.0972. The molecule has 0 aromatic heterocycles. The van der Waals surface area contributed by atoms with Crippen LogP contribution < -0.4 is 19.9 Å². The first kappa shape index (κ1) is 12.0. The number of rotatable bonds is 3. The maximum Gasteiger partial charge on any atom is 0.231 e. The first-order chi connectivity index (χ1) is 7.92. The van der Waals surface area contributed by atoms with Gasteiger partial charge in [-0.25, -0.2) is 4.39 Å². The van der Waals surface area contributed by atoms with E-state index >= 15 is 0 Å². The van der Waals surface area contributed by atoms with Gasteiger partial charge >= 0.3 is 0 Å². The van der Waals surface area contributed by atoms with Crippen molar-refractivity contribution < 1.29 is 18.6 Å². The minimum Gasteiger partial charge on any atom is -0.494 e. The zero-order valence-corrected chi connectivity index (χ0v) is 10.2. The number of benzene rings is 1. The molecule has 0 radical (unpaired) electrons. The largest absolute Gasteiger partial charge is 0.494 e. The maximum atomic E-state index is 14.1. The van der Waals surface area contributed by atoms with E-state index in [-0.39, 0.29) is 12.5 Å². The van der Waals surface area contributed by atoms with Gasteiger partial charge < -0.3 is 19.9 Å². The summed E-state index contributed by atoms with van der Waals surface area (Å²) in [5.41, 5.74) is 5.79. The molecule has 4 nitrogen and oxygen atoms in total. The first-order valence-corrected chi connectivity index (χ1v) is 5.36. The summed E-state index contributed by atoms with van der Waals surface area (Å²) in [6.45, 7) is 3.75. The number of hydrogen-bond donors (Lipinski definition) is 1. The van der Waals surface area contributed by atoms with Crippen molar-refractivity contribution in [2.75, 3.05) is 13.9 Å². The average molecular weight is 241 g/mol. The molecule has 0 saturated carbocycles. The third-order valence-electron chi connectivity index (χ3n) is 2.51. The van der Waals surface area contributed by atoms with Gasteiger partial charge in [-0.2, -0.15) is 0 Å². The predicted octanol–water partition coefficient (Wildman–Crippen LogP) is 1.84. The van der Waals surface area contributed by atoms with Gasteiger partial charge in [0.25, 0.3) is 0 Å². The second kappa shape index (κ2) is 4.07. The highest BCUT2D eigenvalue weighted by atomic mass is 19.1. The van der Waals surface area contributed by atoms with Crippen molar-refractivity contribution in [2.24, 2.45) is 5.73 Å². The van der Waals surface area contributed by atoms with E-state index in [1.807, 2.05) is 13.8 Å². The van der Waals surface area contributed by atoms with Crippen molar-refractivity contribution in [1.29, 1.82) is 0 Å². The lowest BCUT2D eigenvalue weighted by molar-refractivity contribution is 0.172. The summed E-state index contributed by atoms with van der Waals surface area (Å²) >= 11 is 0. The quantitative estimate of drug-likeness (QED) is 0.877. The number of hydrogen-bond acceptors (Lipinski definition) is 4. The van der Waals surface area contributed by atoms with E-state index < -0.39 is 11.4 Å². The number of nitrogens with two attached hydrogens (primary N) is 1. The molecule has 0 fully saturated rings. The Kier molecular flexibility index (Phi) is 2.87. The van der Waals surface area contributed by atoms with Gasteiger partial charge in [0, 0.05) is 17.2 Å². The van der Waals surface area contributed by atoms with Crippen molar-refractivity contribution in [1.82, 2.24) is 0 Å². The van der Waals surface area contributed by atoms with E-state index in [0.29, 0.717) is 23.5 Å². The van der Waals surface area contributed by atoms with Gasteiger partial charge in [-0.05, 0) is 20.3 Å². The van der Waals surface area contributed by atoms with Crippen LogP contribution in [-0.4, -0.2) is 19.4 Å². The molecule has 1 heterocycles. The SMILES string of the molecule is COc1cc2c(c(CC(C)(C)N)c1F)OCO2. The fraction of sp³-hybridized carbons (Fsp3) is 0.500. The van der Waals surface area contributed by atoms with Crippen LogP contribution in [-0.2, 0) is 6.42 Å². The predicted molar refractivity (Wildman–Crippen MR) is 61.0 cm³/mol. The monoisotopic (exact) mass is 241 g/mol. The van der Waals surface area contributed by atoms with Crippen LogP contribution in [0.1, 0.15) is 19.4 Å². The fourth-order valence-corrected chi connectivity index (χ4v) is 1.82. The van der Waals surface area contributed by atoms with Crippen molar-refractivity contribution in [3.63, 3.8) is 0 Å². The molecule has 1 aromatic rings. The van der Waals surface area contributed by atoms with Crippen LogP contribution in [0.2, 0.25) is 0 Å². The molecule has 94 valence electrons. The van der Waals surface area contributed by atoms with Gasteiger partial charge in [0.15, 0.2) is 23.1 Å². The van der Waals surface area contributed by atoms with E-state index in [1.165, 1.54) is 13.2 Å². The average Bonchev–Trinajstić information content (AvgIpc) is 2.68. The van der Waals surface area contributed by atoms with Crippen LogP contribution in [0.4, 0.5) is 4.39 Å². The van der Waals surface area contributed by atoms with Gasteiger partial charge in [-0.3, -0.25) is 0 Å². The molecule has 2 N–H and O–H groups in total. The van der Waals surface area contributed by atoms with Crippen LogP contribution in [0, 0.1) is 5.82 Å². The molecule has 0 unspecified atom stereocenters. The molecular weight excluding hydrogens is 225 g/mol. The van der Waals surface area contributed by atoms with Crippen LogP contribution >= 0.6 is 0 Å². The normalized spacial score (nSPS) is 13.9. The lowest BCUT2D eigenvalue weighted by Gasteiger charge is -2.20. The molecule has 5 heteroatoms. The molecule has 17 heavy (non-hydrogen) atoms. The number of methoxy groups -OCH3 is 1. The van der Waals surface area contributed by atoms with E-state index in [2.05, 4.69) is 0 Å². The number of fused-ring (bicyclic) bond motifs is 1. The molecule has 0 atom stereocenters. The maximum absolute atomic E-state index is 14.1. The molecule has 0 saturated heterocycles. The van der Waals surface area contributed by atoms with E-state index in [9.17, 15) is 4.39 Å².